The standard InChI is InChI=1S/C34H31IN2O6S/c1-6-11-24-29(33(39)42-8-3)30(28-22-13-10-9-12-21(22)14-15-25(28)40-4)37-32(38)27(44-34(37)36-24)19-20-17-23(35)31(43-16-7-2)26(18-20)41-5/h2,9-10,12-15,17-19,30H,6,8,11,16H2,1,3-5H3/b27-19-/t30-/m0/s1. The van der Waals surface area contributed by atoms with Crippen molar-refractivity contribution in [2.75, 3.05) is 27.4 Å². The number of hydrogen-bond acceptors (Lipinski definition) is 8. The SMILES string of the molecule is C#CCOc1c(I)cc(/C=c2\sc3n(c2=O)[C@@H](c2c(OC)ccc4ccccc24)C(C(=O)OCC)=C(CCC)N=3)cc1OC. The number of carbonyl (C=O) groups is 1. The number of ether oxygens (including phenoxy) is 4. The number of rotatable bonds is 10. The lowest BCUT2D eigenvalue weighted by Gasteiger charge is -2.28. The molecule has 1 aliphatic heterocycles. The monoisotopic (exact) mass is 722 g/mol. The predicted molar refractivity (Wildman–Crippen MR) is 180 cm³/mol. The Labute approximate surface area is 272 Å². The first kappa shape index (κ1) is 31.3. The van der Waals surface area contributed by atoms with E-state index in [1.165, 1.54) is 11.3 Å². The Balaban J connectivity index is 1.82. The van der Waals surface area contributed by atoms with Crippen LogP contribution in [-0.4, -0.2) is 38.0 Å². The maximum Gasteiger partial charge on any atom is 0.338 e. The largest absolute Gasteiger partial charge is 0.496 e. The third-order valence-electron chi connectivity index (χ3n) is 7.17. The Kier molecular flexibility index (Phi) is 9.76. The maximum absolute atomic E-state index is 14.4. The van der Waals surface area contributed by atoms with Gasteiger partial charge in [0.15, 0.2) is 16.3 Å². The average Bonchev–Trinajstić information content (AvgIpc) is 3.33. The van der Waals surface area contributed by atoms with Crippen molar-refractivity contribution >= 4 is 56.7 Å². The molecular weight excluding hydrogens is 691 g/mol. The minimum absolute atomic E-state index is 0.102. The van der Waals surface area contributed by atoms with Gasteiger partial charge in [0.05, 0.1) is 40.2 Å². The number of fused-ring (bicyclic) bond motifs is 2. The third kappa shape index (κ3) is 5.86. The Morgan fingerprint density at radius 2 is 1.91 bits per heavy atom. The second-order valence-corrected chi connectivity index (χ2v) is 12.0. The van der Waals surface area contributed by atoms with Crippen LogP contribution >= 0.6 is 33.9 Å². The van der Waals surface area contributed by atoms with Crippen LogP contribution in [0.15, 0.2) is 69.6 Å². The molecule has 10 heteroatoms. The highest BCUT2D eigenvalue weighted by atomic mass is 127. The molecule has 0 aliphatic carbocycles. The number of nitrogens with zero attached hydrogens (tertiary/aromatic N) is 2. The van der Waals surface area contributed by atoms with Gasteiger partial charge in [-0.1, -0.05) is 60.9 Å². The third-order valence-corrected chi connectivity index (χ3v) is 8.95. The summed E-state index contributed by atoms with van der Waals surface area (Å²) < 4.78 is 25.5. The number of benzene rings is 3. The van der Waals surface area contributed by atoms with Crippen LogP contribution in [0.1, 0.15) is 43.9 Å². The highest BCUT2D eigenvalue weighted by Crippen LogP contribution is 2.41. The highest BCUT2D eigenvalue weighted by molar-refractivity contribution is 14.1. The first-order chi connectivity index (χ1) is 21.4. The summed E-state index contributed by atoms with van der Waals surface area (Å²) in [6, 6.07) is 14.6. The molecule has 1 atom stereocenters. The van der Waals surface area contributed by atoms with Crippen LogP contribution in [0.25, 0.3) is 16.8 Å². The van der Waals surface area contributed by atoms with Crippen molar-refractivity contribution in [1.29, 1.82) is 0 Å². The molecule has 0 bridgehead atoms. The molecule has 5 rings (SSSR count). The predicted octanol–water partition coefficient (Wildman–Crippen LogP) is 5.37. The summed E-state index contributed by atoms with van der Waals surface area (Å²) >= 11 is 3.42. The molecule has 1 aliphatic rings. The Bertz CT molecular complexity index is 2000. The van der Waals surface area contributed by atoms with Gasteiger partial charge in [0.1, 0.15) is 18.4 Å². The second-order valence-electron chi connectivity index (χ2n) is 9.84. The molecule has 226 valence electrons. The minimum Gasteiger partial charge on any atom is -0.496 e. The number of aromatic nitrogens is 1. The number of esters is 1. The molecule has 0 fully saturated rings. The quantitative estimate of drug-likeness (QED) is 0.125. The Morgan fingerprint density at radius 3 is 2.61 bits per heavy atom. The molecule has 0 N–H and O–H groups in total. The van der Waals surface area contributed by atoms with Crippen LogP contribution in [0, 0.1) is 15.9 Å². The summed E-state index contributed by atoms with van der Waals surface area (Å²) in [6.45, 7) is 4.08. The minimum atomic E-state index is -0.815. The van der Waals surface area contributed by atoms with E-state index in [9.17, 15) is 9.59 Å². The Hall–Kier alpha value is -4.08. The lowest BCUT2D eigenvalue weighted by Crippen LogP contribution is -2.40. The first-order valence-corrected chi connectivity index (χ1v) is 16.0. The highest BCUT2D eigenvalue weighted by Gasteiger charge is 2.37. The number of carbonyl (C=O) groups excluding carboxylic acids is 1. The number of terminal acetylenes is 1. The van der Waals surface area contributed by atoms with Crippen molar-refractivity contribution in [3.63, 3.8) is 0 Å². The van der Waals surface area contributed by atoms with Crippen molar-refractivity contribution in [2.24, 2.45) is 4.99 Å². The summed E-state index contributed by atoms with van der Waals surface area (Å²) in [5, 5.41) is 1.82. The van der Waals surface area contributed by atoms with E-state index < -0.39 is 12.0 Å². The Morgan fingerprint density at radius 1 is 1.14 bits per heavy atom. The van der Waals surface area contributed by atoms with E-state index >= 15 is 0 Å². The maximum atomic E-state index is 14.4. The van der Waals surface area contributed by atoms with Crippen molar-refractivity contribution in [3.8, 4) is 29.6 Å². The summed E-state index contributed by atoms with van der Waals surface area (Å²) in [5.41, 5.74) is 2.10. The van der Waals surface area contributed by atoms with Crippen LogP contribution < -0.4 is 29.1 Å². The zero-order chi connectivity index (χ0) is 31.4. The summed E-state index contributed by atoms with van der Waals surface area (Å²) in [7, 11) is 3.14. The van der Waals surface area contributed by atoms with Crippen LogP contribution in [0.3, 0.4) is 0 Å². The van der Waals surface area contributed by atoms with Gasteiger partial charge in [0, 0.05) is 5.56 Å². The zero-order valence-corrected chi connectivity index (χ0v) is 27.8. The lowest BCUT2D eigenvalue weighted by molar-refractivity contribution is -0.139. The molecule has 0 unspecified atom stereocenters. The van der Waals surface area contributed by atoms with Gasteiger partial charge in [-0.15, -0.1) is 6.42 Å². The van der Waals surface area contributed by atoms with Gasteiger partial charge in [-0.2, -0.15) is 0 Å². The van der Waals surface area contributed by atoms with E-state index in [-0.39, 0.29) is 18.8 Å². The molecule has 0 saturated heterocycles. The fourth-order valence-corrected chi connectivity index (χ4v) is 7.16. The van der Waals surface area contributed by atoms with Gasteiger partial charge in [-0.25, -0.2) is 9.79 Å². The van der Waals surface area contributed by atoms with Crippen LogP contribution in [0.5, 0.6) is 17.2 Å². The second kappa shape index (κ2) is 13.7. The zero-order valence-electron chi connectivity index (χ0n) is 24.8. The van der Waals surface area contributed by atoms with E-state index in [0.29, 0.717) is 49.8 Å². The molecule has 0 amide bonds. The van der Waals surface area contributed by atoms with E-state index in [4.69, 9.17) is 30.4 Å². The molecule has 0 saturated carbocycles. The molecule has 4 aromatic rings. The summed E-state index contributed by atoms with van der Waals surface area (Å²) in [6.07, 6.45) is 8.47. The normalized spacial score (nSPS) is 14.5. The van der Waals surface area contributed by atoms with E-state index in [1.807, 2.05) is 49.4 Å². The van der Waals surface area contributed by atoms with Gasteiger partial charge in [-0.3, -0.25) is 9.36 Å². The van der Waals surface area contributed by atoms with E-state index in [2.05, 4.69) is 28.5 Å². The number of halogens is 1. The number of allylic oxidation sites excluding steroid dienone is 1. The topological polar surface area (TPSA) is 88.4 Å². The van der Waals surface area contributed by atoms with Crippen molar-refractivity contribution in [1.82, 2.24) is 4.57 Å². The van der Waals surface area contributed by atoms with E-state index in [1.54, 1.807) is 37.9 Å². The molecular formula is C34H31IN2O6S. The molecule has 2 heterocycles. The summed E-state index contributed by atoms with van der Waals surface area (Å²) in [5.74, 6) is 3.56. The number of hydrogen-bond donors (Lipinski definition) is 0. The van der Waals surface area contributed by atoms with E-state index in [0.717, 1.165) is 26.3 Å². The number of methoxy groups -OCH3 is 2. The van der Waals surface area contributed by atoms with Crippen molar-refractivity contribution < 1.29 is 23.7 Å². The first-order valence-electron chi connectivity index (χ1n) is 14.1. The van der Waals surface area contributed by atoms with Gasteiger partial charge in [-0.05, 0) is 76.5 Å². The van der Waals surface area contributed by atoms with Gasteiger partial charge in [0.25, 0.3) is 5.56 Å². The molecule has 0 spiro atoms. The van der Waals surface area contributed by atoms with Crippen LogP contribution in [-0.2, 0) is 9.53 Å². The fraction of sp³-hybridized carbons (Fsp3) is 0.265. The van der Waals surface area contributed by atoms with Crippen molar-refractivity contribution in [3.05, 3.63) is 94.2 Å². The van der Waals surface area contributed by atoms with Crippen molar-refractivity contribution in [2.45, 2.75) is 32.7 Å². The van der Waals surface area contributed by atoms with Crippen LogP contribution in [0.4, 0.5) is 0 Å². The smallest absolute Gasteiger partial charge is 0.338 e. The van der Waals surface area contributed by atoms with Crippen LogP contribution in [0.2, 0.25) is 0 Å². The average molecular weight is 723 g/mol. The van der Waals surface area contributed by atoms with Gasteiger partial charge in [0.2, 0.25) is 0 Å². The molecule has 1 aromatic heterocycles. The summed E-state index contributed by atoms with van der Waals surface area (Å²) in [4.78, 5) is 33.4. The molecule has 3 aromatic carbocycles. The number of thiazole rings is 1. The molecule has 44 heavy (non-hydrogen) atoms. The fourth-order valence-electron chi connectivity index (χ4n) is 5.36. The lowest BCUT2D eigenvalue weighted by atomic mass is 9.90. The van der Waals surface area contributed by atoms with Gasteiger partial charge >= 0.3 is 5.97 Å². The molecule has 0 radical (unpaired) electrons. The molecule has 8 nitrogen and oxygen atoms in total. The van der Waals surface area contributed by atoms with Gasteiger partial charge < -0.3 is 18.9 Å².